The van der Waals surface area contributed by atoms with Gasteiger partial charge in [0.15, 0.2) is 11.5 Å². The van der Waals surface area contributed by atoms with Crippen LogP contribution in [0.3, 0.4) is 0 Å². The fraction of sp³-hybridized carbons (Fsp3) is 0.190. The lowest BCUT2D eigenvalue weighted by Gasteiger charge is -2.14. The second kappa shape index (κ2) is 10.7. The first-order chi connectivity index (χ1) is 15.1. The van der Waals surface area contributed by atoms with Gasteiger partial charge in [0.1, 0.15) is 12.5 Å². The first kappa shape index (κ1) is 24.8. The molecule has 0 radical (unpaired) electrons. The second-order valence-corrected chi connectivity index (χ2v) is 8.01. The number of hydrogen-bond acceptors (Lipinski definition) is 6. The third kappa shape index (κ3) is 7.34. The summed E-state index contributed by atoms with van der Waals surface area (Å²) < 4.78 is 75.5. The number of carbonyl (C=O) groups is 1. The van der Waals surface area contributed by atoms with Crippen LogP contribution in [0.15, 0.2) is 61.2 Å². The molecule has 11 heteroatoms. The molecule has 2 N–H and O–H groups in total. The van der Waals surface area contributed by atoms with E-state index in [1.54, 1.807) is 29.0 Å². The fourth-order valence-corrected chi connectivity index (χ4v) is 3.30. The summed E-state index contributed by atoms with van der Waals surface area (Å²) in [6.07, 6.45) is -0.779. The highest BCUT2D eigenvalue weighted by Crippen LogP contribution is 2.34. The third-order valence-electron chi connectivity index (χ3n) is 3.91. The van der Waals surface area contributed by atoms with Crippen LogP contribution in [0.4, 0.5) is 18.9 Å². The summed E-state index contributed by atoms with van der Waals surface area (Å²) in [6, 6.07) is 9.23. The van der Waals surface area contributed by atoms with Crippen LogP contribution in [0.2, 0.25) is 0 Å². The predicted molar refractivity (Wildman–Crippen MR) is 115 cm³/mol. The van der Waals surface area contributed by atoms with Crippen molar-refractivity contribution in [3.8, 4) is 11.5 Å². The van der Waals surface area contributed by atoms with Gasteiger partial charge in [-0.25, -0.2) is 13.1 Å². The molecule has 0 fully saturated rings. The van der Waals surface area contributed by atoms with Crippen molar-refractivity contribution in [2.45, 2.75) is 6.18 Å². The van der Waals surface area contributed by atoms with Gasteiger partial charge in [0.25, 0.3) is 15.9 Å². The standard InChI is InChI=1S/C21H21F3N2O5S/c1-3-12-31-18-10-8-15(13-19(18)30-2)9-11-20(27)26-32(28,29)14-25-17-7-5-4-6-16(17)21(22,23)24/h3-11,13,25H,1,12,14H2,2H3,(H,26,27)/b11-9+. The third-order valence-corrected chi connectivity index (χ3v) is 4.95. The molecule has 0 aliphatic rings. The number of halogens is 3. The van der Waals surface area contributed by atoms with E-state index in [9.17, 15) is 26.4 Å². The average molecular weight is 470 g/mol. The molecule has 0 unspecified atom stereocenters. The van der Waals surface area contributed by atoms with E-state index in [1.807, 2.05) is 0 Å². The van der Waals surface area contributed by atoms with E-state index in [0.717, 1.165) is 18.2 Å². The molecule has 0 saturated carbocycles. The van der Waals surface area contributed by atoms with Gasteiger partial charge in [-0.05, 0) is 35.9 Å². The van der Waals surface area contributed by atoms with E-state index in [0.29, 0.717) is 17.1 Å². The highest BCUT2D eigenvalue weighted by Gasteiger charge is 2.33. The van der Waals surface area contributed by atoms with Gasteiger partial charge in [-0.3, -0.25) is 4.79 Å². The number of nitrogens with one attached hydrogen (secondary N) is 2. The Bertz CT molecular complexity index is 1100. The number of methoxy groups -OCH3 is 1. The molecule has 0 spiro atoms. The maximum absolute atomic E-state index is 13.0. The summed E-state index contributed by atoms with van der Waals surface area (Å²) in [5.41, 5.74) is -0.910. The quantitative estimate of drug-likeness (QED) is 0.405. The van der Waals surface area contributed by atoms with Crippen molar-refractivity contribution < 1.29 is 35.9 Å². The number of rotatable bonds is 10. The molecule has 0 atom stereocenters. The first-order valence-corrected chi connectivity index (χ1v) is 10.8. The summed E-state index contributed by atoms with van der Waals surface area (Å²) in [5.74, 6) is -1.04. The maximum Gasteiger partial charge on any atom is 0.418 e. The van der Waals surface area contributed by atoms with Crippen molar-refractivity contribution >= 4 is 27.7 Å². The molecular formula is C21H21F3N2O5S. The molecule has 32 heavy (non-hydrogen) atoms. The largest absolute Gasteiger partial charge is 0.493 e. The van der Waals surface area contributed by atoms with Gasteiger partial charge in [-0.2, -0.15) is 13.2 Å². The number of hydrogen-bond donors (Lipinski definition) is 2. The van der Waals surface area contributed by atoms with Crippen LogP contribution in [0.1, 0.15) is 11.1 Å². The van der Waals surface area contributed by atoms with Gasteiger partial charge in [-0.1, -0.05) is 30.9 Å². The van der Waals surface area contributed by atoms with Gasteiger partial charge in [0.05, 0.1) is 12.7 Å². The molecule has 2 aromatic rings. The predicted octanol–water partition coefficient (Wildman–Crippen LogP) is 3.81. The Morgan fingerprint density at radius 2 is 1.88 bits per heavy atom. The van der Waals surface area contributed by atoms with Crippen molar-refractivity contribution in [3.63, 3.8) is 0 Å². The van der Waals surface area contributed by atoms with E-state index in [2.05, 4.69) is 11.9 Å². The molecule has 0 heterocycles. The fourth-order valence-electron chi connectivity index (χ4n) is 2.51. The molecule has 2 rings (SSSR count). The van der Waals surface area contributed by atoms with Gasteiger partial charge in [0.2, 0.25) is 0 Å². The van der Waals surface area contributed by atoms with Crippen molar-refractivity contribution in [3.05, 3.63) is 72.3 Å². The summed E-state index contributed by atoms with van der Waals surface area (Å²) in [5, 5.41) is 2.19. The Morgan fingerprint density at radius 3 is 2.53 bits per heavy atom. The minimum Gasteiger partial charge on any atom is -0.493 e. The van der Waals surface area contributed by atoms with Crippen LogP contribution in [-0.4, -0.2) is 33.9 Å². The lowest BCUT2D eigenvalue weighted by atomic mass is 10.2. The zero-order chi connectivity index (χ0) is 23.8. The van der Waals surface area contributed by atoms with Crippen LogP contribution in [0, 0.1) is 0 Å². The lowest BCUT2D eigenvalue weighted by Crippen LogP contribution is -2.34. The van der Waals surface area contributed by atoms with Crippen LogP contribution < -0.4 is 19.5 Å². The number of benzene rings is 2. The number of amides is 1. The van der Waals surface area contributed by atoms with Crippen LogP contribution in [0.5, 0.6) is 11.5 Å². The topological polar surface area (TPSA) is 93.7 Å². The Labute approximate surface area is 183 Å². The molecule has 0 aliphatic heterocycles. The Hall–Kier alpha value is -3.47. The molecule has 0 aliphatic carbocycles. The van der Waals surface area contributed by atoms with Crippen molar-refractivity contribution in [1.29, 1.82) is 0 Å². The van der Waals surface area contributed by atoms with Gasteiger partial charge < -0.3 is 14.8 Å². The molecule has 1 amide bonds. The van der Waals surface area contributed by atoms with Gasteiger partial charge >= 0.3 is 6.18 Å². The molecule has 7 nitrogen and oxygen atoms in total. The number of carbonyl (C=O) groups excluding carboxylic acids is 1. The van der Waals surface area contributed by atoms with Gasteiger partial charge in [-0.15, -0.1) is 0 Å². The monoisotopic (exact) mass is 470 g/mol. The Balaban J connectivity index is 2.02. The molecule has 0 saturated heterocycles. The maximum atomic E-state index is 13.0. The minimum absolute atomic E-state index is 0.271. The smallest absolute Gasteiger partial charge is 0.418 e. The highest BCUT2D eigenvalue weighted by molar-refractivity contribution is 7.90. The van der Waals surface area contributed by atoms with Crippen molar-refractivity contribution in [2.75, 3.05) is 24.9 Å². The zero-order valence-electron chi connectivity index (χ0n) is 17.0. The molecular weight excluding hydrogens is 449 g/mol. The van der Waals surface area contributed by atoms with E-state index < -0.39 is 39.2 Å². The van der Waals surface area contributed by atoms with E-state index >= 15 is 0 Å². The number of para-hydroxylation sites is 1. The SMILES string of the molecule is C=CCOc1ccc(/C=C/C(=O)NS(=O)(=O)CNc2ccccc2C(F)(F)F)cc1OC. The van der Waals surface area contributed by atoms with Crippen LogP contribution in [0.25, 0.3) is 6.08 Å². The van der Waals surface area contributed by atoms with Gasteiger partial charge in [0, 0.05) is 11.8 Å². The summed E-state index contributed by atoms with van der Waals surface area (Å²) >= 11 is 0. The summed E-state index contributed by atoms with van der Waals surface area (Å²) in [4.78, 5) is 12.0. The summed E-state index contributed by atoms with van der Waals surface area (Å²) in [7, 11) is -2.82. The number of anilines is 1. The minimum atomic E-state index is -4.66. The second-order valence-electron chi connectivity index (χ2n) is 6.29. The number of sulfonamides is 1. The molecule has 0 aromatic heterocycles. The molecule has 0 bridgehead atoms. The Morgan fingerprint density at radius 1 is 1.16 bits per heavy atom. The summed E-state index contributed by atoms with van der Waals surface area (Å²) in [6.45, 7) is 3.82. The normalized spacial score (nSPS) is 11.8. The van der Waals surface area contributed by atoms with Crippen molar-refractivity contribution in [2.24, 2.45) is 0 Å². The van der Waals surface area contributed by atoms with E-state index in [1.165, 1.54) is 25.3 Å². The number of alkyl halides is 3. The van der Waals surface area contributed by atoms with Crippen LogP contribution >= 0.6 is 0 Å². The van der Waals surface area contributed by atoms with Crippen LogP contribution in [-0.2, 0) is 21.0 Å². The van der Waals surface area contributed by atoms with Crippen molar-refractivity contribution in [1.82, 2.24) is 4.72 Å². The zero-order valence-corrected chi connectivity index (χ0v) is 17.8. The van der Waals surface area contributed by atoms with E-state index in [4.69, 9.17) is 9.47 Å². The highest BCUT2D eigenvalue weighted by atomic mass is 32.2. The Kier molecular flexibility index (Phi) is 8.30. The number of ether oxygens (including phenoxy) is 2. The average Bonchev–Trinajstić information content (AvgIpc) is 2.74. The van der Waals surface area contributed by atoms with E-state index in [-0.39, 0.29) is 6.61 Å². The molecule has 2 aromatic carbocycles. The first-order valence-electron chi connectivity index (χ1n) is 9.10. The lowest BCUT2D eigenvalue weighted by molar-refractivity contribution is -0.137. The molecule has 172 valence electrons.